The van der Waals surface area contributed by atoms with Gasteiger partial charge in [0.2, 0.25) is 6.79 Å². The summed E-state index contributed by atoms with van der Waals surface area (Å²) in [4.78, 5) is 12.0. The predicted octanol–water partition coefficient (Wildman–Crippen LogP) is 1.71. The zero-order chi connectivity index (χ0) is 13.1. The molecular formula is C14H17NO4. The molecule has 3 rings (SSSR count). The Morgan fingerprint density at radius 3 is 3.05 bits per heavy atom. The molecule has 2 aliphatic rings. The van der Waals surface area contributed by atoms with Gasteiger partial charge in [-0.15, -0.1) is 0 Å². The molecular weight excluding hydrogens is 246 g/mol. The molecule has 1 unspecified atom stereocenters. The Hall–Kier alpha value is -1.75. The molecule has 0 aliphatic carbocycles. The van der Waals surface area contributed by atoms with Gasteiger partial charge in [0.05, 0.1) is 6.10 Å². The number of hydrogen-bond acceptors (Lipinski definition) is 4. The lowest BCUT2D eigenvalue weighted by Gasteiger charge is -2.10. The van der Waals surface area contributed by atoms with Crippen LogP contribution >= 0.6 is 0 Å². The molecule has 2 heterocycles. The van der Waals surface area contributed by atoms with Crippen molar-refractivity contribution in [3.63, 3.8) is 0 Å². The van der Waals surface area contributed by atoms with Crippen LogP contribution in [0.15, 0.2) is 18.2 Å². The molecule has 0 bridgehead atoms. The first-order valence-electron chi connectivity index (χ1n) is 6.62. The van der Waals surface area contributed by atoms with E-state index in [4.69, 9.17) is 14.2 Å². The lowest BCUT2D eigenvalue weighted by atomic mass is 10.1. The summed E-state index contributed by atoms with van der Waals surface area (Å²) in [6.07, 6.45) is 3.40. The maximum atomic E-state index is 12.0. The number of rotatable bonds is 4. The molecule has 1 aromatic rings. The van der Waals surface area contributed by atoms with E-state index in [0.717, 1.165) is 25.9 Å². The molecule has 19 heavy (non-hydrogen) atoms. The van der Waals surface area contributed by atoms with Crippen molar-refractivity contribution in [3.8, 4) is 11.5 Å². The molecule has 0 saturated carbocycles. The molecule has 0 radical (unpaired) electrons. The van der Waals surface area contributed by atoms with Crippen molar-refractivity contribution in [2.45, 2.75) is 25.4 Å². The molecule has 0 spiro atoms. The van der Waals surface area contributed by atoms with Gasteiger partial charge in [-0.1, -0.05) is 0 Å². The van der Waals surface area contributed by atoms with E-state index in [2.05, 4.69) is 5.32 Å². The number of ether oxygens (including phenoxy) is 3. The summed E-state index contributed by atoms with van der Waals surface area (Å²) < 4.78 is 16.0. The van der Waals surface area contributed by atoms with Crippen LogP contribution in [-0.2, 0) is 4.74 Å². The van der Waals surface area contributed by atoms with E-state index in [-0.39, 0.29) is 12.7 Å². The first-order chi connectivity index (χ1) is 9.33. The van der Waals surface area contributed by atoms with E-state index < -0.39 is 0 Å². The van der Waals surface area contributed by atoms with E-state index in [1.807, 2.05) is 0 Å². The molecule has 2 aliphatic heterocycles. The van der Waals surface area contributed by atoms with Crippen molar-refractivity contribution >= 4 is 5.91 Å². The quantitative estimate of drug-likeness (QED) is 0.898. The molecule has 1 N–H and O–H groups in total. The normalized spacial score (nSPS) is 20.5. The summed E-state index contributed by atoms with van der Waals surface area (Å²) >= 11 is 0. The highest BCUT2D eigenvalue weighted by molar-refractivity contribution is 5.94. The lowest BCUT2D eigenvalue weighted by molar-refractivity contribution is 0.0907. The highest BCUT2D eigenvalue weighted by atomic mass is 16.7. The van der Waals surface area contributed by atoms with Crippen LogP contribution in [0.25, 0.3) is 0 Å². The van der Waals surface area contributed by atoms with Crippen LogP contribution in [-0.4, -0.2) is 32.0 Å². The minimum absolute atomic E-state index is 0.0868. The minimum atomic E-state index is -0.0868. The van der Waals surface area contributed by atoms with Crippen LogP contribution in [0.4, 0.5) is 0 Å². The highest BCUT2D eigenvalue weighted by Crippen LogP contribution is 2.32. The fourth-order valence-corrected chi connectivity index (χ4v) is 2.36. The summed E-state index contributed by atoms with van der Waals surface area (Å²) in [5.41, 5.74) is 0.594. The summed E-state index contributed by atoms with van der Waals surface area (Å²) in [6, 6.07) is 5.22. The molecule has 1 fully saturated rings. The Balaban J connectivity index is 1.52. The van der Waals surface area contributed by atoms with Gasteiger partial charge in [0.25, 0.3) is 5.91 Å². The van der Waals surface area contributed by atoms with E-state index >= 15 is 0 Å². The van der Waals surface area contributed by atoms with E-state index in [9.17, 15) is 4.79 Å². The molecule has 5 heteroatoms. The van der Waals surface area contributed by atoms with Gasteiger partial charge in [0, 0.05) is 18.7 Å². The summed E-state index contributed by atoms with van der Waals surface area (Å²) in [5.74, 6) is 1.24. The first kappa shape index (κ1) is 12.3. The Bertz CT molecular complexity index is 469. The van der Waals surface area contributed by atoms with Crippen molar-refractivity contribution in [3.05, 3.63) is 23.8 Å². The highest BCUT2D eigenvalue weighted by Gasteiger charge is 2.17. The zero-order valence-electron chi connectivity index (χ0n) is 10.7. The van der Waals surface area contributed by atoms with Crippen LogP contribution in [0.1, 0.15) is 29.6 Å². The molecule has 1 saturated heterocycles. The maximum absolute atomic E-state index is 12.0. The molecule has 1 aromatic carbocycles. The van der Waals surface area contributed by atoms with Crippen molar-refractivity contribution in [1.82, 2.24) is 5.32 Å². The third-order valence-corrected chi connectivity index (χ3v) is 3.41. The second-order valence-electron chi connectivity index (χ2n) is 4.75. The average molecular weight is 263 g/mol. The second-order valence-corrected chi connectivity index (χ2v) is 4.75. The topological polar surface area (TPSA) is 56.8 Å². The standard InChI is InChI=1S/C14H17NO4/c16-14(15-6-5-11-2-1-7-17-11)10-3-4-12-13(8-10)19-9-18-12/h3-4,8,11H,1-2,5-7,9H2,(H,15,16). The molecule has 5 nitrogen and oxygen atoms in total. The SMILES string of the molecule is O=C(NCCC1CCCO1)c1ccc2c(c1)OCO2. The van der Waals surface area contributed by atoms with Crippen molar-refractivity contribution in [2.75, 3.05) is 19.9 Å². The Morgan fingerprint density at radius 1 is 1.32 bits per heavy atom. The van der Waals surface area contributed by atoms with Gasteiger partial charge in [0.1, 0.15) is 0 Å². The molecule has 1 amide bonds. The Labute approximate surface area is 111 Å². The zero-order valence-corrected chi connectivity index (χ0v) is 10.7. The van der Waals surface area contributed by atoms with Crippen LogP contribution in [0.3, 0.4) is 0 Å². The van der Waals surface area contributed by atoms with Crippen molar-refractivity contribution < 1.29 is 19.0 Å². The smallest absolute Gasteiger partial charge is 0.251 e. The van der Waals surface area contributed by atoms with E-state index in [1.165, 1.54) is 0 Å². The number of nitrogens with one attached hydrogen (secondary N) is 1. The van der Waals surface area contributed by atoms with Gasteiger partial charge < -0.3 is 19.5 Å². The monoisotopic (exact) mass is 263 g/mol. The predicted molar refractivity (Wildman–Crippen MR) is 68.5 cm³/mol. The Morgan fingerprint density at radius 2 is 2.21 bits per heavy atom. The van der Waals surface area contributed by atoms with Gasteiger partial charge in [0.15, 0.2) is 11.5 Å². The number of hydrogen-bond donors (Lipinski definition) is 1. The van der Waals surface area contributed by atoms with Crippen LogP contribution in [0.5, 0.6) is 11.5 Å². The van der Waals surface area contributed by atoms with Crippen molar-refractivity contribution in [2.24, 2.45) is 0 Å². The maximum Gasteiger partial charge on any atom is 0.251 e. The van der Waals surface area contributed by atoms with Gasteiger partial charge in [-0.3, -0.25) is 4.79 Å². The molecule has 102 valence electrons. The molecule has 0 aromatic heterocycles. The fourth-order valence-electron chi connectivity index (χ4n) is 2.36. The van der Waals surface area contributed by atoms with E-state index in [1.54, 1.807) is 18.2 Å². The summed E-state index contributed by atoms with van der Waals surface area (Å²) in [7, 11) is 0. The Kier molecular flexibility index (Phi) is 3.55. The van der Waals surface area contributed by atoms with Gasteiger partial charge >= 0.3 is 0 Å². The minimum Gasteiger partial charge on any atom is -0.454 e. The average Bonchev–Trinajstić information content (AvgIpc) is 3.08. The van der Waals surface area contributed by atoms with Gasteiger partial charge in [-0.05, 0) is 37.5 Å². The number of carbonyl (C=O) groups is 1. The summed E-state index contributed by atoms with van der Waals surface area (Å²) in [6.45, 7) is 1.71. The van der Waals surface area contributed by atoms with Gasteiger partial charge in [-0.2, -0.15) is 0 Å². The number of fused-ring (bicyclic) bond motifs is 1. The van der Waals surface area contributed by atoms with Gasteiger partial charge in [-0.25, -0.2) is 0 Å². The summed E-state index contributed by atoms with van der Waals surface area (Å²) in [5, 5.41) is 2.90. The fraction of sp³-hybridized carbons (Fsp3) is 0.500. The van der Waals surface area contributed by atoms with Crippen LogP contribution in [0, 0.1) is 0 Å². The third-order valence-electron chi connectivity index (χ3n) is 3.41. The lowest BCUT2D eigenvalue weighted by Crippen LogP contribution is -2.26. The van der Waals surface area contributed by atoms with Crippen LogP contribution < -0.4 is 14.8 Å². The largest absolute Gasteiger partial charge is 0.454 e. The number of amides is 1. The van der Waals surface area contributed by atoms with E-state index in [0.29, 0.717) is 29.7 Å². The second kappa shape index (κ2) is 5.48. The number of benzene rings is 1. The first-order valence-corrected chi connectivity index (χ1v) is 6.62. The molecule has 1 atom stereocenters. The van der Waals surface area contributed by atoms with Crippen molar-refractivity contribution in [1.29, 1.82) is 0 Å². The third kappa shape index (κ3) is 2.81. The number of carbonyl (C=O) groups excluding carboxylic acids is 1. The van der Waals surface area contributed by atoms with Crippen LogP contribution in [0.2, 0.25) is 0 Å².